The molecule has 22 heavy (non-hydrogen) atoms. The Morgan fingerprint density at radius 2 is 2.05 bits per heavy atom. The Morgan fingerprint density at radius 1 is 1.32 bits per heavy atom. The first-order valence-corrected chi connectivity index (χ1v) is 9.15. The van der Waals surface area contributed by atoms with Gasteiger partial charge >= 0.3 is 0 Å². The van der Waals surface area contributed by atoms with E-state index in [0.717, 1.165) is 13.0 Å². The molecule has 0 amide bonds. The van der Waals surface area contributed by atoms with Gasteiger partial charge in [-0.1, -0.05) is 11.6 Å². The van der Waals surface area contributed by atoms with Crippen LogP contribution >= 0.6 is 11.6 Å². The molecule has 0 saturated carbocycles. The van der Waals surface area contributed by atoms with Gasteiger partial charge in [0.15, 0.2) is 0 Å². The summed E-state index contributed by atoms with van der Waals surface area (Å²) in [5.41, 5.74) is 0.430. The van der Waals surface area contributed by atoms with Crippen LogP contribution in [0.1, 0.15) is 12.1 Å². The van der Waals surface area contributed by atoms with E-state index in [1.165, 1.54) is 4.68 Å². The Labute approximate surface area is 135 Å². The van der Waals surface area contributed by atoms with E-state index in [0.29, 0.717) is 25.4 Å². The minimum Gasteiger partial charge on any atom is -0.375 e. The second-order valence-corrected chi connectivity index (χ2v) is 8.16. The van der Waals surface area contributed by atoms with Gasteiger partial charge in [-0.2, -0.15) is 9.40 Å². The van der Waals surface area contributed by atoms with Crippen LogP contribution in [0.2, 0.25) is 5.15 Å². The molecule has 0 bridgehead atoms. The number of hydrogen-bond acceptors (Lipinski definition) is 5. The Bertz CT molecular complexity index is 675. The summed E-state index contributed by atoms with van der Waals surface area (Å²) >= 11 is 6.17. The van der Waals surface area contributed by atoms with Crippen LogP contribution < -0.4 is 0 Å². The van der Waals surface area contributed by atoms with E-state index in [2.05, 4.69) is 10.00 Å². The quantitative estimate of drug-likeness (QED) is 0.777. The van der Waals surface area contributed by atoms with Crippen molar-refractivity contribution in [2.45, 2.75) is 30.4 Å². The summed E-state index contributed by atoms with van der Waals surface area (Å²) in [6.45, 7) is 4.02. The highest BCUT2D eigenvalue weighted by atomic mass is 35.5. The highest BCUT2D eigenvalue weighted by Crippen LogP contribution is 2.32. The van der Waals surface area contributed by atoms with Gasteiger partial charge in [0.2, 0.25) is 10.0 Å². The van der Waals surface area contributed by atoms with Crippen molar-refractivity contribution in [2.24, 2.45) is 7.05 Å². The van der Waals surface area contributed by atoms with E-state index in [9.17, 15) is 8.42 Å². The fourth-order valence-electron chi connectivity index (χ4n) is 3.32. The lowest BCUT2D eigenvalue weighted by Crippen LogP contribution is -2.60. The summed E-state index contributed by atoms with van der Waals surface area (Å²) in [6, 6.07) is -0.173. The molecule has 0 unspecified atom stereocenters. The van der Waals surface area contributed by atoms with Crippen molar-refractivity contribution < 1.29 is 13.2 Å². The van der Waals surface area contributed by atoms with Crippen LogP contribution in [0.25, 0.3) is 0 Å². The molecule has 2 aliphatic heterocycles. The van der Waals surface area contributed by atoms with Gasteiger partial charge in [0.1, 0.15) is 10.0 Å². The lowest BCUT2D eigenvalue weighted by molar-refractivity contribution is -0.0719. The van der Waals surface area contributed by atoms with Crippen LogP contribution in [0, 0.1) is 6.92 Å². The van der Waals surface area contributed by atoms with Crippen molar-refractivity contribution in [1.82, 2.24) is 19.0 Å². The maximum absolute atomic E-state index is 13.1. The number of sulfonamides is 1. The molecule has 2 atom stereocenters. The summed E-state index contributed by atoms with van der Waals surface area (Å²) in [5.74, 6) is 0. The first-order chi connectivity index (χ1) is 10.3. The lowest BCUT2D eigenvalue weighted by Gasteiger charge is -2.45. The van der Waals surface area contributed by atoms with E-state index in [1.54, 1.807) is 18.3 Å². The normalized spacial score (nSPS) is 27.8. The molecule has 2 saturated heterocycles. The standard InChI is InChI=1S/C13H21ClN4O3S/c1-9-12(13(14)17(3)15-9)22(19,20)18-6-7-21-11-4-5-16(2)8-10(11)18/h10-11H,4-8H2,1-3H3/t10-,11-/m0/s1. The van der Waals surface area contributed by atoms with Crippen LogP contribution in [0.15, 0.2) is 4.90 Å². The molecule has 3 heterocycles. The van der Waals surface area contributed by atoms with Gasteiger partial charge in [-0.3, -0.25) is 4.68 Å². The second kappa shape index (κ2) is 5.76. The molecule has 1 aromatic heterocycles. The maximum atomic E-state index is 13.1. The molecule has 0 N–H and O–H groups in total. The Morgan fingerprint density at radius 3 is 2.68 bits per heavy atom. The molecule has 0 aromatic carbocycles. The van der Waals surface area contributed by atoms with Crippen LogP contribution in [0.5, 0.6) is 0 Å². The van der Waals surface area contributed by atoms with E-state index in [-0.39, 0.29) is 22.2 Å². The number of morpholine rings is 1. The number of ether oxygens (including phenoxy) is 1. The van der Waals surface area contributed by atoms with Crippen molar-refractivity contribution in [2.75, 3.05) is 33.3 Å². The molecular weight excluding hydrogens is 328 g/mol. The molecule has 9 heteroatoms. The SMILES string of the molecule is Cc1nn(C)c(Cl)c1S(=O)(=O)N1CCO[C@H]2CCN(C)C[C@@H]21. The molecule has 7 nitrogen and oxygen atoms in total. The van der Waals surface area contributed by atoms with Crippen molar-refractivity contribution in [3.05, 3.63) is 10.8 Å². The summed E-state index contributed by atoms with van der Waals surface area (Å²) in [7, 11) is -0.0433. The highest BCUT2D eigenvalue weighted by Gasteiger charge is 2.44. The van der Waals surface area contributed by atoms with Crippen LogP contribution in [-0.4, -0.2) is 72.8 Å². The number of hydrogen-bond donors (Lipinski definition) is 0. The third kappa shape index (κ3) is 2.56. The molecule has 2 aliphatic rings. The van der Waals surface area contributed by atoms with Gasteiger partial charge in [0.25, 0.3) is 0 Å². The van der Waals surface area contributed by atoms with Crippen LogP contribution in [0.3, 0.4) is 0 Å². The molecule has 2 fully saturated rings. The van der Waals surface area contributed by atoms with Crippen molar-refractivity contribution >= 4 is 21.6 Å². The first kappa shape index (κ1) is 16.2. The average molecular weight is 349 g/mol. The van der Waals surface area contributed by atoms with Gasteiger partial charge in [-0.15, -0.1) is 0 Å². The smallest absolute Gasteiger partial charge is 0.248 e. The number of aromatic nitrogens is 2. The summed E-state index contributed by atoms with van der Waals surface area (Å²) in [5, 5.41) is 4.29. The zero-order valence-corrected chi connectivity index (χ0v) is 14.6. The minimum atomic E-state index is -3.68. The van der Waals surface area contributed by atoms with Crippen LogP contribution in [-0.2, 0) is 21.8 Å². The monoisotopic (exact) mass is 348 g/mol. The number of nitrogens with zero attached hydrogens (tertiary/aromatic N) is 4. The van der Waals surface area contributed by atoms with Gasteiger partial charge in [-0.25, -0.2) is 8.42 Å². The zero-order valence-electron chi connectivity index (χ0n) is 13.0. The molecule has 0 radical (unpaired) electrons. The average Bonchev–Trinajstić information content (AvgIpc) is 2.71. The number of likely N-dealkylation sites (tertiary alicyclic amines) is 1. The van der Waals surface area contributed by atoms with Crippen LogP contribution in [0.4, 0.5) is 0 Å². The topological polar surface area (TPSA) is 67.7 Å². The van der Waals surface area contributed by atoms with E-state index < -0.39 is 10.0 Å². The Hall–Kier alpha value is -0.670. The maximum Gasteiger partial charge on any atom is 0.248 e. The van der Waals surface area contributed by atoms with Gasteiger partial charge in [0.05, 0.1) is 24.4 Å². The lowest BCUT2D eigenvalue weighted by atomic mass is 10.0. The van der Waals surface area contributed by atoms with Gasteiger partial charge in [0, 0.05) is 26.7 Å². The molecule has 3 rings (SSSR count). The van der Waals surface area contributed by atoms with E-state index >= 15 is 0 Å². The number of halogens is 1. The number of likely N-dealkylation sites (N-methyl/N-ethyl adjacent to an activating group) is 1. The Balaban J connectivity index is 2.00. The van der Waals surface area contributed by atoms with Gasteiger partial charge < -0.3 is 9.64 Å². The second-order valence-electron chi connectivity index (χ2n) is 5.97. The summed E-state index contributed by atoms with van der Waals surface area (Å²) in [4.78, 5) is 2.25. The van der Waals surface area contributed by atoms with Crippen molar-refractivity contribution in [3.8, 4) is 0 Å². The number of aryl methyl sites for hydroxylation is 2. The fraction of sp³-hybridized carbons (Fsp3) is 0.769. The molecular formula is C13H21ClN4O3S. The van der Waals surface area contributed by atoms with E-state index in [4.69, 9.17) is 16.3 Å². The summed E-state index contributed by atoms with van der Waals surface area (Å²) in [6.07, 6.45) is 0.794. The first-order valence-electron chi connectivity index (χ1n) is 7.33. The van der Waals surface area contributed by atoms with Crippen molar-refractivity contribution in [1.29, 1.82) is 0 Å². The molecule has 124 valence electrons. The summed E-state index contributed by atoms with van der Waals surface area (Å²) < 4.78 is 35.0. The molecule has 0 aliphatic carbocycles. The zero-order chi connectivity index (χ0) is 16.1. The number of rotatable bonds is 2. The highest BCUT2D eigenvalue weighted by molar-refractivity contribution is 7.89. The largest absolute Gasteiger partial charge is 0.375 e. The molecule has 1 aromatic rings. The third-order valence-electron chi connectivity index (χ3n) is 4.40. The van der Waals surface area contributed by atoms with Gasteiger partial charge in [-0.05, 0) is 20.4 Å². The van der Waals surface area contributed by atoms with E-state index in [1.807, 2.05) is 7.05 Å². The molecule has 0 spiro atoms. The predicted octanol–water partition coefficient (Wildman–Crippen LogP) is 0.476. The predicted molar refractivity (Wildman–Crippen MR) is 82.5 cm³/mol. The number of fused-ring (bicyclic) bond motifs is 1. The minimum absolute atomic E-state index is 0.0459. The Kier molecular flexibility index (Phi) is 4.24. The third-order valence-corrected chi connectivity index (χ3v) is 7.02. The number of piperidine rings is 1. The fourth-order valence-corrected chi connectivity index (χ4v) is 5.65. The van der Waals surface area contributed by atoms with Crippen molar-refractivity contribution in [3.63, 3.8) is 0 Å².